The molecule has 2 aliphatic rings. The molecule has 4 heterocycles. The van der Waals surface area contributed by atoms with E-state index in [4.69, 9.17) is 18.9 Å². The Balaban J connectivity index is 1.19. The minimum Gasteiger partial charge on any atom is -0.486 e. The summed E-state index contributed by atoms with van der Waals surface area (Å²) in [5.41, 5.74) is 2.85. The smallest absolute Gasteiger partial charge is 0.414 e. The predicted octanol–water partition coefficient (Wildman–Crippen LogP) is 1.25. The number of rotatable bonds is 8. The van der Waals surface area contributed by atoms with Gasteiger partial charge in [-0.3, -0.25) is 9.88 Å². The van der Waals surface area contributed by atoms with Gasteiger partial charge in [0, 0.05) is 31.4 Å². The second-order valence-corrected chi connectivity index (χ2v) is 8.24. The first kappa shape index (κ1) is 23.1. The molecule has 1 unspecified atom stereocenters. The first-order chi connectivity index (χ1) is 17.0. The lowest BCUT2D eigenvalue weighted by Gasteiger charge is -2.23. The summed E-state index contributed by atoms with van der Waals surface area (Å²) in [5, 5.41) is 24.3. The third-order valence-corrected chi connectivity index (χ3v) is 5.97. The molecule has 0 aliphatic carbocycles. The number of nitrogens with one attached hydrogen (secondary N) is 1. The summed E-state index contributed by atoms with van der Waals surface area (Å²) in [6.07, 6.45) is -2.25. The minimum absolute atomic E-state index is 0.0764. The molecule has 0 radical (unpaired) electrons. The fraction of sp³-hybridized carbons (Fsp3) is 0.375. The van der Waals surface area contributed by atoms with Crippen LogP contribution in [0.4, 0.5) is 10.5 Å². The van der Waals surface area contributed by atoms with E-state index < -0.39 is 24.4 Å². The molecule has 1 fully saturated rings. The molecule has 5 rings (SSSR count). The van der Waals surface area contributed by atoms with Crippen LogP contribution in [0.5, 0.6) is 17.4 Å². The number of nitrogens with zero attached hydrogens (tertiary/aromatic N) is 3. The monoisotopic (exact) mass is 482 g/mol. The van der Waals surface area contributed by atoms with Crippen molar-refractivity contribution in [3.63, 3.8) is 0 Å². The maximum absolute atomic E-state index is 12.5. The molecule has 2 aromatic heterocycles. The second kappa shape index (κ2) is 9.90. The normalized spacial score (nSPS) is 18.9. The van der Waals surface area contributed by atoms with Gasteiger partial charge in [0.05, 0.1) is 36.5 Å². The van der Waals surface area contributed by atoms with Crippen molar-refractivity contribution < 1.29 is 34.0 Å². The highest BCUT2D eigenvalue weighted by molar-refractivity contribution is 5.90. The molecule has 2 aliphatic heterocycles. The van der Waals surface area contributed by atoms with Crippen LogP contribution < -0.4 is 24.4 Å². The number of aromatic nitrogens is 2. The van der Waals surface area contributed by atoms with Gasteiger partial charge < -0.3 is 34.5 Å². The van der Waals surface area contributed by atoms with E-state index in [1.54, 1.807) is 37.6 Å². The fourth-order valence-corrected chi connectivity index (χ4v) is 4.11. The number of benzene rings is 1. The fourth-order valence-electron chi connectivity index (χ4n) is 4.11. The molecule has 3 aromatic rings. The summed E-state index contributed by atoms with van der Waals surface area (Å²) in [6, 6.07) is 10.5. The zero-order valence-electron chi connectivity index (χ0n) is 19.1. The van der Waals surface area contributed by atoms with E-state index in [1.165, 1.54) is 4.90 Å². The van der Waals surface area contributed by atoms with E-state index in [-0.39, 0.29) is 13.1 Å². The largest absolute Gasteiger partial charge is 0.486 e. The summed E-state index contributed by atoms with van der Waals surface area (Å²) in [7, 11) is 1.55. The van der Waals surface area contributed by atoms with Gasteiger partial charge in [0.25, 0.3) is 0 Å². The zero-order valence-corrected chi connectivity index (χ0v) is 19.1. The van der Waals surface area contributed by atoms with Crippen molar-refractivity contribution >= 4 is 22.8 Å². The molecular formula is C24H26N4O7. The summed E-state index contributed by atoms with van der Waals surface area (Å²) < 4.78 is 21.6. The molecular weight excluding hydrogens is 456 g/mol. The topological polar surface area (TPSA) is 136 Å². The van der Waals surface area contributed by atoms with Gasteiger partial charge in [-0.05, 0) is 29.8 Å². The number of aliphatic hydroxyl groups is 2. The summed E-state index contributed by atoms with van der Waals surface area (Å²) in [5.74, 6) is 1.64. The Kier molecular flexibility index (Phi) is 6.53. The van der Waals surface area contributed by atoms with Gasteiger partial charge >= 0.3 is 6.09 Å². The first-order valence-corrected chi connectivity index (χ1v) is 11.3. The van der Waals surface area contributed by atoms with Crippen LogP contribution in [0.3, 0.4) is 0 Å². The van der Waals surface area contributed by atoms with Gasteiger partial charge in [0.1, 0.15) is 19.3 Å². The van der Waals surface area contributed by atoms with Crippen molar-refractivity contribution in [2.45, 2.75) is 24.9 Å². The van der Waals surface area contributed by atoms with Crippen LogP contribution in [0, 0.1) is 0 Å². The first-order valence-electron chi connectivity index (χ1n) is 11.3. The third kappa shape index (κ3) is 4.78. The lowest BCUT2D eigenvalue weighted by atomic mass is 10.1. The number of carbonyl (C=O) groups is 1. The van der Waals surface area contributed by atoms with Crippen LogP contribution in [0.2, 0.25) is 0 Å². The van der Waals surface area contributed by atoms with Crippen molar-refractivity contribution in [1.82, 2.24) is 15.3 Å². The van der Waals surface area contributed by atoms with Crippen molar-refractivity contribution in [3.05, 3.63) is 48.2 Å². The number of hydrogen-bond acceptors (Lipinski definition) is 10. The van der Waals surface area contributed by atoms with Crippen LogP contribution in [0.1, 0.15) is 5.56 Å². The van der Waals surface area contributed by atoms with Gasteiger partial charge in [0.15, 0.2) is 17.6 Å². The number of methoxy groups -OCH3 is 1. The molecule has 11 nitrogen and oxygen atoms in total. The Morgan fingerprint density at radius 3 is 2.83 bits per heavy atom. The molecule has 35 heavy (non-hydrogen) atoms. The highest BCUT2D eigenvalue weighted by Gasteiger charge is 2.39. The Morgan fingerprint density at radius 1 is 1.17 bits per heavy atom. The third-order valence-electron chi connectivity index (χ3n) is 5.97. The van der Waals surface area contributed by atoms with Gasteiger partial charge in [-0.1, -0.05) is 0 Å². The van der Waals surface area contributed by atoms with E-state index in [9.17, 15) is 15.0 Å². The number of aliphatic hydroxyl groups excluding tert-OH is 2. The average molecular weight is 482 g/mol. The quantitative estimate of drug-likeness (QED) is 0.430. The molecule has 0 spiro atoms. The Labute approximate surface area is 201 Å². The Bertz CT molecular complexity index is 1220. The molecule has 1 amide bonds. The summed E-state index contributed by atoms with van der Waals surface area (Å²) in [6.45, 7) is 1.46. The number of anilines is 1. The molecule has 11 heteroatoms. The van der Waals surface area contributed by atoms with Crippen molar-refractivity contribution in [2.24, 2.45) is 0 Å². The van der Waals surface area contributed by atoms with Gasteiger partial charge in [-0.25, -0.2) is 9.78 Å². The molecule has 1 saturated heterocycles. The molecule has 3 N–H and O–H groups in total. The van der Waals surface area contributed by atoms with Crippen LogP contribution in [-0.4, -0.2) is 78.0 Å². The number of carbonyl (C=O) groups excluding carboxylic acids is 1. The van der Waals surface area contributed by atoms with Crippen LogP contribution in [-0.2, 0) is 11.3 Å². The second-order valence-electron chi connectivity index (χ2n) is 8.24. The molecule has 0 saturated carbocycles. The molecule has 3 atom stereocenters. The zero-order chi connectivity index (χ0) is 24.4. The van der Waals surface area contributed by atoms with E-state index in [2.05, 4.69) is 15.3 Å². The SMILES string of the molecule is COc1ccc2nccc(CNC[C@@H](O)[C@H](O)C3CN(c4ccc5c(c4)OCCO5)C(=O)O3)c2n1. The van der Waals surface area contributed by atoms with Crippen LogP contribution in [0.25, 0.3) is 11.0 Å². The highest BCUT2D eigenvalue weighted by atomic mass is 16.6. The van der Waals surface area contributed by atoms with E-state index >= 15 is 0 Å². The number of ether oxygens (including phenoxy) is 4. The van der Waals surface area contributed by atoms with E-state index in [0.29, 0.717) is 48.3 Å². The maximum atomic E-state index is 12.5. The standard InChI is InChI=1S/C24H26N4O7/c1-32-21-5-3-16-22(27-21)14(6-7-26-16)11-25-12-17(29)23(30)20-13-28(24(31)35-20)15-2-4-18-19(10-15)34-9-8-33-18/h2-7,10,17,20,23,25,29-30H,8-9,11-13H2,1H3/t17-,20?,23+/m1/s1. The molecule has 184 valence electrons. The number of amides is 1. The number of hydrogen-bond donors (Lipinski definition) is 3. The molecule has 0 bridgehead atoms. The minimum atomic E-state index is -1.28. The van der Waals surface area contributed by atoms with Gasteiger partial charge in [-0.15, -0.1) is 0 Å². The van der Waals surface area contributed by atoms with Crippen LogP contribution in [0.15, 0.2) is 42.6 Å². The summed E-state index contributed by atoms with van der Waals surface area (Å²) in [4.78, 5) is 22.6. The number of pyridine rings is 2. The number of cyclic esters (lactones) is 1. The lowest BCUT2D eigenvalue weighted by molar-refractivity contribution is -0.0460. The Morgan fingerprint density at radius 2 is 2.00 bits per heavy atom. The van der Waals surface area contributed by atoms with Gasteiger partial charge in [-0.2, -0.15) is 0 Å². The Hall–Kier alpha value is -3.67. The lowest BCUT2D eigenvalue weighted by Crippen LogP contribution is -2.44. The van der Waals surface area contributed by atoms with E-state index in [1.807, 2.05) is 12.1 Å². The van der Waals surface area contributed by atoms with Crippen LogP contribution >= 0.6 is 0 Å². The summed E-state index contributed by atoms with van der Waals surface area (Å²) >= 11 is 0. The number of fused-ring (bicyclic) bond motifs is 2. The van der Waals surface area contributed by atoms with Crippen molar-refractivity contribution in [3.8, 4) is 17.4 Å². The van der Waals surface area contributed by atoms with E-state index in [0.717, 1.165) is 11.1 Å². The van der Waals surface area contributed by atoms with Crippen molar-refractivity contribution in [1.29, 1.82) is 0 Å². The van der Waals surface area contributed by atoms with Crippen molar-refractivity contribution in [2.75, 3.05) is 38.3 Å². The maximum Gasteiger partial charge on any atom is 0.414 e. The predicted molar refractivity (Wildman–Crippen MR) is 125 cm³/mol. The average Bonchev–Trinajstić information content (AvgIpc) is 3.29. The molecule has 1 aromatic carbocycles. The highest BCUT2D eigenvalue weighted by Crippen LogP contribution is 2.35. The van der Waals surface area contributed by atoms with Gasteiger partial charge in [0.2, 0.25) is 5.88 Å².